The molecule has 2 nitrogen and oxygen atoms in total. The molecule has 1 aromatic carbocycles. The Kier molecular flexibility index (Phi) is 4.21. The van der Waals surface area contributed by atoms with Crippen LogP contribution in [0.15, 0.2) is 71.6 Å². The number of pyridine rings is 1. The normalized spacial score (nSPS) is 12.2. The Morgan fingerprint density at radius 2 is 1.85 bits per heavy atom. The number of nitrogens with zero attached hydrogens (tertiary/aromatic N) is 1. The molecule has 20 heavy (non-hydrogen) atoms. The van der Waals surface area contributed by atoms with Crippen LogP contribution < -0.4 is 5.32 Å². The molecule has 0 amide bonds. The first-order chi connectivity index (χ1) is 9.93. The van der Waals surface area contributed by atoms with Gasteiger partial charge in [0, 0.05) is 12.7 Å². The van der Waals surface area contributed by atoms with Crippen molar-refractivity contribution >= 4 is 11.3 Å². The first kappa shape index (κ1) is 13.0. The van der Waals surface area contributed by atoms with E-state index in [1.54, 1.807) is 11.3 Å². The molecule has 1 unspecified atom stereocenters. The highest BCUT2D eigenvalue weighted by Gasteiger charge is 2.14. The Bertz CT molecular complexity index is 581. The second-order valence-corrected chi connectivity index (χ2v) is 5.39. The number of nitrogens with one attached hydrogen (secondary N) is 1. The van der Waals surface area contributed by atoms with Crippen LogP contribution in [0, 0.1) is 0 Å². The zero-order valence-corrected chi connectivity index (χ0v) is 11.9. The van der Waals surface area contributed by atoms with Gasteiger partial charge in [-0.05, 0) is 40.1 Å². The molecule has 0 aliphatic carbocycles. The predicted octanol–water partition coefficient (Wildman–Crippen LogP) is 4.02. The monoisotopic (exact) mass is 280 g/mol. The van der Waals surface area contributed by atoms with E-state index in [1.807, 2.05) is 24.4 Å². The Balaban J connectivity index is 1.84. The summed E-state index contributed by atoms with van der Waals surface area (Å²) in [5.74, 6) is 0. The molecule has 2 aromatic heterocycles. The lowest BCUT2D eigenvalue weighted by molar-refractivity contribution is 0.592. The van der Waals surface area contributed by atoms with E-state index in [0.29, 0.717) is 0 Å². The van der Waals surface area contributed by atoms with Crippen LogP contribution in [0.3, 0.4) is 0 Å². The fourth-order valence-corrected chi connectivity index (χ4v) is 2.87. The van der Waals surface area contributed by atoms with Crippen molar-refractivity contribution in [1.82, 2.24) is 10.3 Å². The zero-order chi connectivity index (χ0) is 13.6. The highest BCUT2D eigenvalue weighted by molar-refractivity contribution is 7.07. The van der Waals surface area contributed by atoms with Gasteiger partial charge in [0.25, 0.3) is 0 Å². The molecule has 0 spiro atoms. The average molecular weight is 280 g/mol. The van der Waals surface area contributed by atoms with Gasteiger partial charge in [0.05, 0.1) is 11.7 Å². The van der Waals surface area contributed by atoms with E-state index in [-0.39, 0.29) is 6.04 Å². The van der Waals surface area contributed by atoms with Gasteiger partial charge < -0.3 is 5.32 Å². The van der Waals surface area contributed by atoms with Crippen LogP contribution in [-0.2, 0) is 6.54 Å². The molecular formula is C17H16N2S. The van der Waals surface area contributed by atoms with E-state index < -0.39 is 0 Å². The van der Waals surface area contributed by atoms with E-state index in [2.05, 4.69) is 57.5 Å². The molecule has 0 aliphatic heterocycles. The van der Waals surface area contributed by atoms with Crippen molar-refractivity contribution in [2.45, 2.75) is 12.6 Å². The van der Waals surface area contributed by atoms with E-state index >= 15 is 0 Å². The van der Waals surface area contributed by atoms with Crippen molar-refractivity contribution in [3.63, 3.8) is 0 Å². The molecule has 100 valence electrons. The van der Waals surface area contributed by atoms with Crippen LogP contribution in [0.2, 0.25) is 0 Å². The minimum absolute atomic E-state index is 0.122. The Morgan fingerprint density at radius 1 is 1.00 bits per heavy atom. The summed E-state index contributed by atoms with van der Waals surface area (Å²) in [6.45, 7) is 0.847. The molecule has 3 heteroatoms. The summed E-state index contributed by atoms with van der Waals surface area (Å²) in [7, 11) is 0. The second-order valence-electron chi connectivity index (χ2n) is 4.61. The van der Waals surface area contributed by atoms with Gasteiger partial charge >= 0.3 is 0 Å². The number of thiophene rings is 1. The molecule has 0 aliphatic rings. The Labute approximate surface area is 123 Å². The number of benzene rings is 1. The third kappa shape index (κ3) is 3.13. The zero-order valence-electron chi connectivity index (χ0n) is 11.1. The van der Waals surface area contributed by atoms with E-state index in [4.69, 9.17) is 0 Å². The highest BCUT2D eigenvalue weighted by Crippen LogP contribution is 2.20. The Morgan fingerprint density at radius 3 is 2.55 bits per heavy atom. The van der Waals surface area contributed by atoms with Crippen molar-refractivity contribution in [3.8, 4) is 0 Å². The van der Waals surface area contributed by atoms with Crippen molar-refractivity contribution in [2.75, 3.05) is 0 Å². The molecule has 3 rings (SSSR count). The minimum atomic E-state index is 0.122. The molecule has 1 atom stereocenters. The summed E-state index contributed by atoms with van der Waals surface area (Å²) in [5.41, 5.74) is 3.60. The van der Waals surface area contributed by atoms with Crippen LogP contribution in [-0.4, -0.2) is 4.98 Å². The standard InChI is InChI=1S/C17H16N2S/c1-2-6-15(7-3-1)17(16-8-4-5-10-18-16)19-12-14-9-11-20-13-14/h1-11,13,17,19H,12H2. The van der Waals surface area contributed by atoms with Gasteiger partial charge in [0.2, 0.25) is 0 Å². The topological polar surface area (TPSA) is 24.9 Å². The fraction of sp³-hybridized carbons (Fsp3) is 0.118. The number of hydrogen-bond donors (Lipinski definition) is 1. The van der Waals surface area contributed by atoms with Crippen LogP contribution in [0.1, 0.15) is 22.9 Å². The molecule has 0 bridgehead atoms. The third-order valence-electron chi connectivity index (χ3n) is 3.21. The molecule has 2 heterocycles. The maximum atomic E-state index is 4.50. The first-order valence-electron chi connectivity index (χ1n) is 6.64. The van der Waals surface area contributed by atoms with Gasteiger partial charge in [-0.15, -0.1) is 0 Å². The van der Waals surface area contributed by atoms with Crippen LogP contribution in [0.4, 0.5) is 0 Å². The lowest BCUT2D eigenvalue weighted by atomic mass is 10.0. The Hall–Kier alpha value is -1.97. The largest absolute Gasteiger partial charge is 0.301 e. The number of aromatic nitrogens is 1. The molecule has 0 fully saturated rings. The second kappa shape index (κ2) is 6.46. The van der Waals surface area contributed by atoms with Gasteiger partial charge in [0.15, 0.2) is 0 Å². The van der Waals surface area contributed by atoms with Crippen LogP contribution in [0.5, 0.6) is 0 Å². The number of rotatable bonds is 5. The smallest absolute Gasteiger partial charge is 0.0754 e. The van der Waals surface area contributed by atoms with Gasteiger partial charge in [-0.25, -0.2) is 0 Å². The van der Waals surface area contributed by atoms with Crippen molar-refractivity contribution < 1.29 is 0 Å². The van der Waals surface area contributed by atoms with Gasteiger partial charge in [-0.2, -0.15) is 11.3 Å². The maximum absolute atomic E-state index is 4.50. The lowest BCUT2D eigenvalue weighted by Gasteiger charge is -2.18. The van der Waals surface area contributed by atoms with Gasteiger partial charge in [-0.3, -0.25) is 4.98 Å². The average Bonchev–Trinajstić information content (AvgIpc) is 3.03. The minimum Gasteiger partial charge on any atom is -0.301 e. The van der Waals surface area contributed by atoms with Crippen molar-refractivity contribution in [2.24, 2.45) is 0 Å². The summed E-state index contributed by atoms with van der Waals surface area (Å²) < 4.78 is 0. The van der Waals surface area contributed by atoms with E-state index in [0.717, 1.165) is 12.2 Å². The molecule has 0 radical (unpaired) electrons. The highest BCUT2D eigenvalue weighted by atomic mass is 32.1. The summed E-state index contributed by atoms with van der Waals surface area (Å²) >= 11 is 1.73. The summed E-state index contributed by atoms with van der Waals surface area (Å²) in [6.07, 6.45) is 1.84. The van der Waals surface area contributed by atoms with E-state index in [9.17, 15) is 0 Å². The number of hydrogen-bond acceptors (Lipinski definition) is 3. The lowest BCUT2D eigenvalue weighted by Crippen LogP contribution is -2.22. The SMILES string of the molecule is c1ccc(C(NCc2ccsc2)c2ccccn2)cc1. The van der Waals surface area contributed by atoms with Crippen LogP contribution in [0.25, 0.3) is 0 Å². The van der Waals surface area contributed by atoms with Gasteiger partial charge in [0.1, 0.15) is 0 Å². The summed E-state index contributed by atoms with van der Waals surface area (Å²) in [6, 6.07) is 18.8. The molecule has 0 saturated carbocycles. The quantitative estimate of drug-likeness (QED) is 0.763. The summed E-state index contributed by atoms with van der Waals surface area (Å²) in [4.78, 5) is 4.50. The fourth-order valence-electron chi connectivity index (χ4n) is 2.20. The molecular weight excluding hydrogens is 264 g/mol. The third-order valence-corrected chi connectivity index (χ3v) is 3.94. The molecule has 3 aromatic rings. The predicted molar refractivity (Wildman–Crippen MR) is 83.7 cm³/mol. The van der Waals surface area contributed by atoms with Crippen molar-refractivity contribution in [1.29, 1.82) is 0 Å². The first-order valence-corrected chi connectivity index (χ1v) is 7.58. The maximum Gasteiger partial charge on any atom is 0.0754 e. The van der Waals surface area contributed by atoms with Crippen LogP contribution >= 0.6 is 11.3 Å². The van der Waals surface area contributed by atoms with Crippen molar-refractivity contribution in [3.05, 3.63) is 88.4 Å². The summed E-state index contributed by atoms with van der Waals surface area (Å²) in [5, 5.41) is 7.88. The molecule has 1 N–H and O–H groups in total. The van der Waals surface area contributed by atoms with Gasteiger partial charge in [-0.1, -0.05) is 36.4 Å². The van der Waals surface area contributed by atoms with E-state index in [1.165, 1.54) is 11.1 Å². The molecule has 0 saturated heterocycles.